The van der Waals surface area contributed by atoms with Gasteiger partial charge >= 0.3 is 0 Å². The summed E-state index contributed by atoms with van der Waals surface area (Å²) >= 11 is 0. The van der Waals surface area contributed by atoms with Gasteiger partial charge in [-0.1, -0.05) is 12.1 Å². The van der Waals surface area contributed by atoms with E-state index in [1.54, 1.807) is 10.9 Å². The fourth-order valence-corrected chi connectivity index (χ4v) is 1.18. The Bertz CT molecular complexity index is 470. The molecule has 0 amide bonds. The molecule has 0 saturated carbocycles. The van der Waals surface area contributed by atoms with E-state index in [9.17, 15) is 0 Å². The fourth-order valence-electron chi connectivity index (χ4n) is 1.18. The minimum absolute atomic E-state index is 0.501. The van der Waals surface area contributed by atoms with Crippen LogP contribution in [-0.4, -0.2) is 9.55 Å². The van der Waals surface area contributed by atoms with Gasteiger partial charge in [-0.05, 0) is 12.1 Å². The molecule has 1 aromatic heterocycles. The second kappa shape index (κ2) is 2.44. The number of hydrogen-bond acceptors (Lipinski definition) is 2. The van der Waals surface area contributed by atoms with Gasteiger partial charge in [0.1, 0.15) is 5.49 Å². The molecule has 0 aliphatic heterocycles. The Morgan fingerprint density at radius 1 is 1.33 bits per heavy atom. The molecular weight excluding hydrogens is 150 g/mol. The summed E-state index contributed by atoms with van der Waals surface area (Å²) in [5.74, 6) is 0. The Hall–Kier alpha value is -1.64. The standard InChI is InChI=1S/C9H9N3/c1-12-6-11-8-5-3-2-4-7(8)9(12)10/h2-6,10H,1H3. The molecule has 1 N–H and O–H groups in total. The van der Waals surface area contributed by atoms with Gasteiger partial charge in [-0.3, -0.25) is 5.41 Å². The lowest BCUT2D eigenvalue weighted by molar-refractivity contribution is 0.806. The van der Waals surface area contributed by atoms with E-state index in [1.807, 2.05) is 31.3 Å². The highest BCUT2D eigenvalue weighted by Gasteiger charge is 1.95. The number of nitrogens with one attached hydrogen (secondary N) is 1. The van der Waals surface area contributed by atoms with Crippen LogP contribution in [0.1, 0.15) is 0 Å². The molecule has 3 nitrogen and oxygen atoms in total. The maximum Gasteiger partial charge on any atom is 0.135 e. The van der Waals surface area contributed by atoms with Crippen molar-refractivity contribution in [2.45, 2.75) is 0 Å². The third-order valence-electron chi connectivity index (χ3n) is 1.88. The first-order chi connectivity index (χ1) is 5.79. The monoisotopic (exact) mass is 159 g/mol. The fraction of sp³-hybridized carbons (Fsp3) is 0.111. The molecular formula is C9H9N3. The summed E-state index contributed by atoms with van der Waals surface area (Å²) in [4.78, 5) is 4.18. The zero-order chi connectivity index (χ0) is 8.55. The molecule has 0 atom stereocenters. The lowest BCUT2D eigenvalue weighted by Gasteiger charge is -2.00. The summed E-state index contributed by atoms with van der Waals surface area (Å²) in [6.07, 6.45) is 1.66. The lowest BCUT2D eigenvalue weighted by atomic mass is 10.2. The highest BCUT2D eigenvalue weighted by Crippen LogP contribution is 2.03. The quantitative estimate of drug-likeness (QED) is 0.613. The molecule has 1 aromatic carbocycles. The molecule has 60 valence electrons. The van der Waals surface area contributed by atoms with Gasteiger partial charge in [-0.2, -0.15) is 0 Å². The van der Waals surface area contributed by atoms with Crippen LogP contribution in [-0.2, 0) is 7.05 Å². The minimum atomic E-state index is 0.501. The number of benzene rings is 1. The molecule has 3 heteroatoms. The molecule has 0 spiro atoms. The zero-order valence-corrected chi connectivity index (χ0v) is 6.78. The summed E-state index contributed by atoms with van der Waals surface area (Å²) in [6, 6.07) is 7.66. The van der Waals surface area contributed by atoms with Crippen LogP contribution in [0.3, 0.4) is 0 Å². The van der Waals surface area contributed by atoms with E-state index in [2.05, 4.69) is 4.98 Å². The molecule has 1 heterocycles. The van der Waals surface area contributed by atoms with Crippen molar-refractivity contribution < 1.29 is 0 Å². The van der Waals surface area contributed by atoms with Gasteiger partial charge in [0, 0.05) is 12.4 Å². The minimum Gasteiger partial charge on any atom is -0.320 e. The van der Waals surface area contributed by atoms with Crippen molar-refractivity contribution in [1.82, 2.24) is 9.55 Å². The molecule has 2 rings (SSSR count). The van der Waals surface area contributed by atoms with Gasteiger partial charge in [0.25, 0.3) is 0 Å². The van der Waals surface area contributed by atoms with Gasteiger partial charge in [0.2, 0.25) is 0 Å². The largest absolute Gasteiger partial charge is 0.320 e. The Kier molecular flexibility index (Phi) is 1.43. The van der Waals surface area contributed by atoms with Crippen LogP contribution < -0.4 is 5.49 Å². The van der Waals surface area contributed by atoms with Crippen molar-refractivity contribution in [3.05, 3.63) is 36.1 Å². The summed E-state index contributed by atoms with van der Waals surface area (Å²) in [6.45, 7) is 0. The number of para-hydroxylation sites is 1. The Morgan fingerprint density at radius 3 is 2.92 bits per heavy atom. The Labute approximate surface area is 69.8 Å². The average Bonchev–Trinajstić information content (AvgIpc) is 2.12. The number of rotatable bonds is 0. The molecule has 0 radical (unpaired) electrons. The van der Waals surface area contributed by atoms with E-state index in [-0.39, 0.29) is 0 Å². The SMILES string of the molecule is Cn1cnc2ccccc2c1=N. The predicted molar refractivity (Wildman–Crippen MR) is 46.6 cm³/mol. The number of nitrogens with zero attached hydrogens (tertiary/aromatic N) is 2. The van der Waals surface area contributed by atoms with E-state index < -0.39 is 0 Å². The second-order valence-electron chi connectivity index (χ2n) is 2.72. The third-order valence-corrected chi connectivity index (χ3v) is 1.88. The summed E-state index contributed by atoms with van der Waals surface area (Å²) in [7, 11) is 1.82. The summed E-state index contributed by atoms with van der Waals surface area (Å²) in [5, 5.41) is 8.60. The molecule has 0 aliphatic carbocycles. The predicted octanol–water partition coefficient (Wildman–Crippen LogP) is 1.05. The van der Waals surface area contributed by atoms with Gasteiger partial charge in [-0.15, -0.1) is 0 Å². The highest BCUT2D eigenvalue weighted by atomic mass is 15.0. The molecule has 0 unspecified atom stereocenters. The lowest BCUT2D eigenvalue weighted by Crippen LogP contribution is -2.16. The first-order valence-corrected chi connectivity index (χ1v) is 3.74. The second-order valence-corrected chi connectivity index (χ2v) is 2.72. The van der Waals surface area contributed by atoms with E-state index in [0.29, 0.717) is 5.49 Å². The van der Waals surface area contributed by atoms with Crippen molar-refractivity contribution in [3.63, 3.8) is 0 Å². The van der Waals surface area contributed by atoms with Gasteiger partial charge in [0.05, 0.1) is 11.8 Å². The van der Waals surface area contributed by atoms with Crippen LogP contribution >= 0.6 is 0 Å². The number of fused-ring (bicyclic) bond motifs is 1. The van der Waals surface area contributed by atoms with Crippen molar-refractivity contribution in [3.8, 4) is 0 Å². The number of aromatic nitrogens is 2. The van der Waals surface area contributed by atoms with Crippen LogP contribution in [0.15, 0.2) is 30.6 Å². The van der Waals surface area contributed by atoms with Gasteiger partial charge in [-0.25, -0.2) is 4.98 Å². The van der Waals surface area contributed by atoms with E-state index in [4.69, 9.17) is 5.41 Å². The van der Waals surface area contributed by atoms with E-state index in [0.717, 1.165) is 10.9 Å². The van der Waals surface area contributed by atoms with E-state index >= 15 is 0 Å². The Morgan fingerprint density at radius 2 is 2.08 bits per heavy atom. The maximum absolute atomic E-state index is 7.71. The number of aryl methyl sites for hydroxylation is 1. The summed E-state index contributed by atoms with van der Waals surface area (Å²) < 4.78 is 1.70. The van der Waals surface area contributed by atoms with Gasteiger partial charge < -0.3 is 4.57 Å². The van der Waals surface area contributed by atoms with E-state index in [1.165, 1.54) is 0 Å². The van der Waals surface area contributed by atoms with Crippen molar-refractivity contribution in [2.75, 3.05) is 0 Å². The van der Waals surface area contributed by atoms with Crippen LogP contribution in [0.2, 0.25) is 0 Å². The van der Waals surface area contributed by atoms with Crippen LogP contribution in [0, 0.1) is 5.41 Å². The first kappa shape index (κ1) is 7.03. The maximum atomic E-state index is 7.71. The van der Waals surface area contributed by atoms with Crippen LogP contribution in [0.25, 0.3) is 10.9 Å². The highest BCUT2D eigenvalue weighted by molar-refractivity contribution is 5.76. The molecule has 0 saturated heterocycles. The number of hydrogen-bond donors (Lipinski definition) is 1. The third kappa shape index (κ3) is 0.906. The molecule has 2 aromatic rings. The zero-order valence-electron chi connectivity index (χ0n) is 6.78. The van der Waals surface area contributed by atoms with Crippen molar-refractivity contribution in [1.29, 1.82) is 5.41 Å². The smallest absolute Gasteiger partial charge is 0.135 e. The molecule has 0 bridgehead atoms. The molecule has 12 heavy (non-hydrogen) atoms. The van der Waals surface area contributed by atoms with Crippen molar-refractivity contribution >= 4 is 10.9 Å². The van der Waals surface area contributed by atoms with Crippen LogP contribution in [0.5, 0.6) is 0 Å². The van der Waals surface area contributed by atoms with Crippen molar-refractivity contribution in [2.24, 2.45) is 7.05 Å². The molecule has 0 aliphatic rings. The normalized spacial score (nSPS) is 10.4. The van der Waals surface area contributed by atoms with Gasteiger partial charge in [0.15, 0.2) is 0 Å². The average molecular weight is 159 g/mol. The topological polar surface area (TPSA) is 41.7 Å². The van der Waals surface area contributed by atoms with Crippen LogP contribution in [0.4, 0.5) is 0 Å². The molecule has 0 fully saturated rings. The first-order valence-electron chi connectivity index (χ1n) is 3.74. The summed E-state index contributed by atoms with van der Waals surface area (Å²) in [5.41, 5.74) is 1.38. The Balaban J connectivity index is 3.01.